The van der Waals surface area contributed by atoms with Gasteiger partial charge in [-0.3, -0.25) is 0 Å². The van der Waals surface area contributed by atoms with E-state index in [-0.39, 0.29) is 0 Å². The Hall–Kier alpha value is -0.0800. The van der Waals surface area contributed by atoms with E-state index < -0.39 is 0 Å². The first-order valence-electron chi connectivity index (χ1n) is 8.14. The molecule has 3 unspecified atom stereocenters. The molecule has 2 fully saturated rings. The van der Waals surface area contributed by atoms with Crippen molar-refractivity contribution in [3.8, 4) is 0 Å². The van der Waals surface area contributed by atoms with Gasteiger partial charge in [-0.05, 0) is 50.5 Å². The van der Waals surface area contributed by atoms with Crippen molar-refractivity contribution >= 4 is 0 Å². The Bertz CT molecular complexity index is 225. The van der Waals surface area contributed by atoms with Crippen molar-refractivity contribution in [2.45, 2.75) is 77.4 Å². The summed E-state index contributed by atoms with van der Waals surface area (Å²) >= 11 is 0. The highest BCUT2D eigenvalue weighted by Gasteiger charge is 2.29. The third kappa shape index (κ3) is 4.24. The van der Waals surface area contributed by atoms with Gasteiger partial charge in [-0.25, -0.2) is 0 Å². The van der Waals surface area contributed by atoms with Gasteiger partial charge in [-0.2, -0.15) is 0 Å². The Balaban J connectivity index is 1.69. The van der Waals surface area contributed by atoms with Crippen LogP contribution in [0.25, 0.3) is 0 Å². The van der Waals surface area contributed by atoms with E-state index in [4.69, 9.17) is 4.74 Å². The summed E-state index contributed by atoms with van der Waals surface area (Å²) in [5, 5.41) is 3.68. The molecular formula is C16H31NO. The molecule has 0 aliphatic heterocycles. The van der Waals surface area contributed by atoms with Crippen LogP contribution in [0.15, 0.2) is 0 Å². The third-order valence-corrected chi connectivity index (χ3v) is 4.79. The van der Waals surface area contributed by atoms with E-state index in [1.54, 1.807) is 0 Å². The van der Waals surface area contributed by atoms with Crippen LogP contribution in [-0.2, 0) is 4.74 Å². The van der Waals surface area contributed by atoms with Gasteiger partial charge >= 0.3 is 0 Å². The lowest BCUT2D eigenvalue weighted by atomic mass is 9.83. The molecule has 0 amide bonds. The maximum absolute atomic E-state index is 6.21. The fourth-order valence-electron chi connectivity index (χ4n) is 3.24. The molecule has 2 saturated carbocycles. The molecule has 2 rings (SSSR count). The quantitative estimate of drug-likeness (QED) is 0.746. The first kappa shape index (κ1) is 14.3. The lowest BCUT2D eigenvalue weighted by Crippen LogP contribution is -2.45. The number of hydrogen-bond donors (Lipinski definition) is 1. The number of rotatable bonds is 7. The van der Waals surface area contributed by atoms with Crippen LogP contribution in [-0.4, -0.2) is 25.3 Å². The second kappa shape index (κ2) is 7.49. The molecular weight excluding hydrogens is 222 g/mol. The highest BCUT2D eigenvalue weighted by Crippen LogP contribution is 2.31. The van der Waals surface area contributed by atoms with Crippen LogP contribution in [0.1, 0.15) is 65.2 Å². The standard InChI is InChI=1S/C16H31NO/c1-3-10-17-15-8-7-13(2)12-16(15)18-11-9-14-5-4-6-14/h13-17H,3-12H2,1-2H3. The molecule has 2 nitrogen and oxygen atoms in total. The lowest BCUT2D eigenvalue weighted by Gasteiger charge is -2.36. The Morgan fingerprint density at radius 3 is 2.67 bits per heavy atom. The minimum Gasteiger partial charge on any atom is -0.377 e. The van der Waals surface area contributed by atoms with Crippen molar-refractivity contribution < 1.29 is 4.74 Å². The van der Waals surface area contributed by atoms with Crippen LogP contribution in [0.5, 0.6) is 0 Å². The van der Waals surface area contributed by atoms with Crippen molar-refractivity contribution in [3.05, 3.63) is 0 Å². The molecule has 0 saturated heterocycles. The van der Waals surface area contributed by atoms with Crippen LogP contribution in [0, 0.1) is 11.8 Å². The molecule has 2 aliphatic rings. The first-order valence-corrected chi connectivity index (χ1v) is 8.14. The highest BCUT2D eigenvalue weighted by molar-refractivity contribution is 4.84. The molecule has 106 valence electrons. The topological polar surface area (TPSA) is 21.3 Å². The SMILES string of the molecule is CCCNC1CCC(C)CC1OCCC1CCC1. The Morgan fingerprint density at radius 2 is 2.00 bits per heavy atom. The molecule has 2 aliphatic carbocycles. The van der Waals surface area contributed by atoms with Gasteiger partial charge < -0.3 is 10.1 Å². The second-order valence-corrected chi connectivity index (χ2v) is 6.47. The van der Waals surface area contributed by atoms with Crippen molar-refractivity contribution in [1.82, 2.24) is 5.32 Å². The molecule has 1 N–H and O–H groups in total. The largest absolute Gasteiger partial charge is 0.377 e. The summed E-state index contributed by atoms with van der Waals surface area (Å²) in [4.78, 5) is 0. The van der Waals surface area contributed by atoms with Gasteiger partial charge in [0.1, 0.15) is 0 Å². The van der Waals surface area contributed by atoms with Crippen LogP contribution in [0.2, 0.25) is 0 Å². The molecule has 0 bridgehead atoms. The van der Waals surface area contributed by atoms with Gasteiger partial charge in [0.2, 0.25) is 0 Å². The van der Waals surface area contributed by atoms with Crippen molar-refractivity contribution in [3.63, 3.8) is 0 Å². The Labute approximate surface area is 113 Å². The summed E-state index contributed by atoms with van der Waals surface area (Å²) in [6, 6.07) is 0.613. The zero-order valence-electron chi connectivity index (χ0n) is 12.3. The number of nitrogens with one attached hydrogen (secondary N) is 1. The zero-order valence-corrected chi connectivity index (χ0v) is 12.3. The van der Waals surface area contributed by atoms with Gasteiger partial charge in [0, 0.05) is 12.6 Å². The average Bonchev–Trinajstić information content (AvgIpc) is 2.31. The van der Waals surface area contributed by atoms with Gasteiger partial charge in [-0.1, -0.05) is 33.1 Å². The summed E-state index contributed by atoms with van der Waals surface area (Å²) in [5.41, 5.74) is 0. The summed E-state index contributed by atoms with van der Waals surface area (Å²) in [6.07, 6.45) is 11.3. The number of ether oxygens (including phenoxy) is 1. The number of hydrogen-bond acceptors (Lipinski definition) is 2. The van der Waals surface area contributed by atoms with Gasteiger partial charge in [0.15, 0.2) is 0 Å². The zero-order chi connectivity index (χ0) is 12.8. The molecule has 0 spiro atoms. The molecule has 0 radical (unpaired) electrons. The Kier molecular flexibility index (Phi) is 5.97. The summed E-state index contributed by atoms with van der Waals surface area (Å²) < 4.78 is 6.21. The van der Waals surface area contributed by atoms with E-state index in [9.17, 15) is 0 Å². The fourth-order valence-corrected chi connectivity index (χ4v) is 3.24. The van der Waals surface area contributed by atoms with Crippen molar-refractivity contribution in [2.75, 3.05) is 13.2 Å². The normalized spacial score (nSPS) is 33.3. The van der Waals surface area contributed by atoms with E-state index in [2.05, 4.69) is 19.2 Å². The average molecular weight is 253 g/mol. The van der Waals surface area contributed by atoms with E-state index >= 15 is 0 Å². The molecule has 0 aromatic rings. The fraction of sp³-hybridized carbons (Fsp3) is 1.00. The van der Waals surface area contributed by atoms with Crippen LogP contribution in [0.3, 0.4) is 0 Å². The molecule has 18 heavy (non-hydrogen) atoms. The molecule has 3 atom stereocenters. The summed E-state index contributed by atoms with van der Waals surface area (Å²) in [7, 11) is 0. The van der Waals surface area contributed by atoms with Gasteiger partial charge in [-0.15, -0.1) is 0 Å². The predicted octanol–water partition coefficient (Wildman–Crippen LogP) is 3.75. The lowest BCUT2D eigenvalue weighted by molar-refractivity contribution is -0.0160. The minimum atomic E-state index is 0.473. The monoisotopic (exact) mass is 253 g/mol. The third-order valence-electron chi connectivity index (χ3n) is 4.79. The van der Waals surface area contributed by atoms with Crippen molar-refractivity contribution in [1.29, 1.82) is 0 Å². The smallest absolute Gasteiger partial charge is 0.0730 e. The Morgan fingerprint density at radius 1 is 1.17 bits per heavy atom. The van der Waals surface area contributed by atoms with E-state index in [0.29, 0.717) is 12.1 Å². The van der Waals surface area contributed by atoms with Crippen LogP contribution < -0.4 is 5.32 Å². The summed E-state index contributed by atoms with van der Waals surface area (Å²) in [6.45, 7) is 6.75. The molecule has 2 heteroatoms. The summed E-state index contributed by atoms with van der Waals surface area (Å²) in [5.74, 6) is 1.83. The maximum atomic E-state index is 6.21. The second-order valence-electron chi connectivity index (χ2n) is 6.47. The van der Waals surface area contributed by atoms with E-state index in [1.165, 1.54) is 51.4 Å². The maximum Gasteiger partial charge on any atom is 0.0730 e. The first-order chi connectivity index (χ1) is 8.79. The minimum absolute atomic E-state index is 0.473. The van der Waals surface area contributed by atoms with Gasteiger partial charge in [0.05, 0.1) is 6.10 Å². The molecule has 0 heterocycles. The van der Waals surface area contributed by atoms with Crippen LogP contribution >= 0.6 is 0 Å². The highest BCUT2D eigenvalue weighted by atomic mass is 16.5. The molecule has 0 aromatic heterocycles. The molecule has 0 aromatic carbocycles. The van der Waals surface area contributed by atoms with E-state index in [1.807, 2.05) is 0 Å². The predicted molar refractivity (Wildman–Crippen MR) is 76.8 cm³/mol. The van der Waals surface area contributed by atoms with Crippen LogP contribution in [0.4, 0.5) is 0 Å². The van der Waals surface area contributed by atoms with E-state index in [0.717, 1.165) is 25.0 Å². The van der Waals surface area contributed by atoms with Crippen molar-refractivity contribution in [2.24, 2.45) is 11.8 Å². The van der Waals surface area contributed by atoms with Gasteiger partial charge in [0.25, 0.3) is 0 Å².